The second-order valence-corrected chi connectivity index (χ2v) is 7.43. The molecule has 0 N–H and O–H groups in total. The number of hydrogen-bond acceptors (Lipinski definition) is 1. The molecule has 3 rings (SSSR count). The van der Waals surface area contributed by atoms with Crippen molar-refractivity contribution in [3.05, 3.63) is 76.4 Å². The number of ether oxygens (including phenoxy) is 1. The summed E-state index contributed by atoms with van der Waals surface area (Å²) >= 11 is 0. The van der Waals surface area contributed by atoms with Gasteiger partial charge in [0.25, 0.3) is 0 Å². The lowest BCUT2D eigenvalue weighted by atomic mass is 9.98. The Hall–Kier alpha value is -2.70. The van der Waals surface area contributed by atoms with Crippen molar-refractivity contribution in [3.63, 3.8) is 0 Å². The van der Waals surface area contributed by atoms with Crippen molar-refractivity contribution in [1.82, 2.24) is 0 Å². The molecule has 1 nitrogen and oxygen atoms in total. The van der Waals surface area contributed by atoms with Crippen molar-refractivity contribution >= 4 is 10.8 Å². The third-order valence-electron chi connectivity index (χ3n) is 5.19. The molecule has 0 saturated heterocycles. The monoisotopic (exact) mass is 440 g/mol. The van der Waals surface area contributed by atoms with Crippen LogP contribution in [0.5, 0.6) is 5.75 Å². The summed E-state index contributed by atoms with van der Waals surface area (Å²) in [4.78, 5) is 0. The van der Waals surface area contributed by atoms with Crippen LogP contribution in [0.4, 0.5) is 26.3 Å². The van der Waals surface area contributed by atoms with Crippen molar-refractivity contribution in [2.45, 2.75) is 52.1 Å². The Kier molecular flexibility index (Phi) is 7.46. The summed E-state index contributed by atoms with van der Waals surface area (Å²) in [6.07, 6.45) is 3.78. The molecule has 0 aromatic heterocycles. The molecule has 0 saturated carbocycles. The highest BCUT2D eigenvalue weighted by Gasteiger charge is 2.19. The van der Waals surface area contributed by atoms with Gasteiger partial charge in [-0.2, -0.15) is 8.78 Å². The first-order valence-corrected chi connectivity index (χ1v) is 10.1. The zero-order valence-electron chi connectivity index (χ0n) is 17.0. The normalized spacial score (nSPS) is 11.5. The maximum absolute atomic E-state index is 14.4. The Morgan fingerprint density at radius 3 is 2.13 bits per heavy atom. The summed E-state index contributed by atoms with van der Waals surface area (Å²) in [5.74, 6) is -4.84. The lowest BCUT2D eigenvalue weighted by Crippen LogP contribution is -2.06. The molecule has 0 unspecified atom stereocenters. The molecule has 0 heterocycles. The summed E-state index contributed by atoms with van der Waals surface area (Å²) in [7, 11) is 0. The van der Waals surface area contributed by atoms with E-state index < -0.39 is 35.6 Å². The first-order valence-electron chi connectivity index (χ1n) is 10.1. The first-order chi connectivity index (χ1) is 14.8. The minimum atomic E-state index is -3.36. The third-order valence-corrected chi connectivity index (χ3v) is 5.19. The highest BCUT2D eigenvalue weighted by molar-refractivity contribution is 5.85. The maximum atomic E-state index is 14.4. The van der Waals surface area contributed by atoms with E-state index in [2.05, 4.69) is 11.7 Å². The molecule has 0 bridgehead atoms. The summed E-state index contributed by atoms with van der Waals surface area (Å²) < 4.78 is 85.8. The number of unbranched alkanes of at least 4 members (excludes halogenated alkanes) is 2. The number of alkyl halides is 2. The first kappa shape index (κ1) is 23.0. The lowest BCUT2D eigenvalue weighted by Gasteiger charge is -2.11. The van der Waals surface area contributed by atoms with Crippen LogP contribution in [0.1, 0.15) is 42.9 Å². The number of benzene rings is 3. The van der Waals surface area contributed by atoms with E-state index in [1.54, 1.807) is 0 Å². The van der Waals surface area contributed by atoms with Gasteiger partial charge in [-0.25, -0.2) is 17.6 Å². The molecule has 0 aliphatic carbocycles. The van der Waals surface area contributed by atoms with Crippen LogP contribution in [0, 0.1) is 23.3 Å². The molecule has 166 valence electrons. The van der Waals surface area contributed by atoms with Crippen molar-refractivity contribution in [2.24, 2.45) is 0 Å². The Balaban J connectivity index is 1.78. The molecule has 0 amide bonds. The van der Waals surface area contributed by atoms with Gasteiger partial charge in [0.2, 0.25) is 0 Å². The van der Waals surface area contributed by atoms with Crippen molar-refractivity contribution in [1.29, 1.82) is 0 Å². The zero-order valence-corrected chi connectivity index (χ0v) is 17.0. The van der Waals surface area contributed by atoms with Gasteiger partial charge in [0.05, 0.1) is 0 Å². The Morgan fingerprint density at radius 2 is 1.48 bits per heavy atom. The molecule has 0 aliphatic heterocycles. The van der Waals surface area contributed by atoms with Crippen LogP contribution in [0.2, 0.25) is 0 Å². The van der Waals surface area contributed by atoms with Crippen molar-refractivity contribution in [2.75, 3.05) is 0 Å². The highest BCUT2D eigenvalue weighted by atomic mass is 19.3. The molecule has 0 atom stereocenters. The van der Waals surface area contributed by atoms with Gasteiger partial charge in [-0.3, -0.25) is 0 Å². The summed E-state index contributed by atoms with van der Waals surface area (Å²) in [6, 6.07) is 7.87. The lowest BCUT2D eigenvalue weighted by molar-refractivity contribution is -0.0544. The van der Waals surface area contributed by atoms with Gasteiger partial charge in [-0.1, -0.05) is 38.0 Å². The number of fused-ring (bicyclic) bond motifs is 1. The van der Waals surface area contributed by atoms with Gasteiger partial charge in [-0.05, 0) is 60.4 Å². The SMILES string of the molecule is CCCCCc1cc(F)c(CCc2ccc3c(F)c(OC(F)F)c(F)cc3c2)c(F)c1. The Morgan fingerprint density at radius 1 is 0.774 bits per heavy atom. The van der Waals surface area contributed by atoms with Crippen LogP contribution in [0.15, 0.2) is 36.4 Å². The molecule has 0 aliphatic rings. The number of rotatable bonds is 9. The van der Waals surface area contributed by atoms with Crippen LogP contribution in [0.25, 0.3) is 10.8 Å². The summed E-state index contributed by atoms with van der Waals surface area (Å²) in [5.41, 5.74) is 1.17. The van der Waals surface area contributed by atoms with Gasteiger partial charge >= 0.3 is 6.61 Å². The van der Waals surface area contributed by atoms with Gasteiger partial charge < -0.3 is 4.74 Å². The Bertz CT molecular complexity index is 1040. The molecule has 7 heteroatoms. The smallest absolute Gasteiger partial charge is 0.387 e. The second kappa shape index (κ2) is 10.1. The topological polar surface area (TPSA) is 9.23 Å². The second-order valence-electron chi connectivity index (χ2n) is 7.43. The van der Waals surface area contributed by atoms with Crippen LogP contribution in [-0.2, 0) is 19.3 Å². The molecular formula is C24H22F6O. The van der Waals surface area contributed by atoms with Gasteiger partial charge in [0, 0.05) is 10.9 Å². The number of hydrogen-bond donors (Lipinski definition) is 0. The molecule has 31 heavy (non-hydrogen) atoms. The van der Waals surface area contributed by atoms with E-state index in [0.717, 1.165) is 25.3 Å². The van der Waals surface area contributed by atoms with Crippen LogP contribution in [-0.4, -0.2) is 6.61 Å². The average molecular weight is 440 g/mol. The molecule has 3 aromatic rings. The summed E-state index contributed by atoms with van der Waals surface area (Å²) in [5, 5.41) is 0.0518. The minimum absolute atomic E-state index is 0.0441. The van der Waals surface area contributed by atoms with E-state index >= 15 is 0 Å². The Labute approximate surface area is 176 Å². The molecule has 0 spiro atoms. The summed E-state index contributed by atoms with van der Waals surface area (Å²) in [6.45, 7) is -1.31. The zero-order chi connectivity index (χ0) is 22.5. The van der Waals surface area contributed by atoms with E-state index in [1.807, 2.05) is 0 Å². The fourth-order valence-electron chi connectivity index (χ4n) is 3.60. The van der Waals surface area contributed by atoms with Gasteiger partial charge in [-0.15, -0.1) is 0 Å². The molecule has 3 aromatic carbocycles. The number of halogens is 6. The molecular weight excluding hydrogens is 418 g/mol. The standard InChI is InChI=1S/C24H22F6O/c1-2-3-4-5-15-11-19(25)18(20(26)12-15)9-7-14-6-8-17-16(10-14)13-21(27)23(22(17)28)31-24(29)30/h6,8,10-13,24H,2-5,7,9H2,1H3. The number of aryl methyl sites for hydroxylation is 2. The quantitative estimate of drug-likeness (QED) is 0.247. The predicted octanol–water partition coefficient (Wildman–Crippen LogP) is 7.52. The highest BCUT2D eigenvalue weighted by Crippen LogP contribution is 2.32. The van der Waals surface area contributed by atoms with Crippen molar-refractivity contribution in [3.8, 4) is 5.75 Å². The van der Waals surface area contributed by atoms with Crippen LogP contribution >= 0.6 is 0 Å². The predicted molar refractivity (Wildman–Crippen MR) is 107 cm³/mol. The fraction of sp³-hybridized carbons (Fsp3) is 0.333. The minimum Gasteiger partial charge on any atom is -0.429 e. The molecule has 0 fully saturated rings. The van der Waals surface area contributed by atoms with E-state index in [0.29, 0.717) is 17.5 Å². The fourth-order valence-corrected chi connectivity index (χ4v) is 3.60. The average Bonchev–Trinajstić information content (AvgIpc) is 2.70. The van der Waals surface area contributed by atoms with Gasteiger partial charge in [0.15, 0.2) is 17.4 Å². The largest absolute Gasteiger partial charge is 0.429 e. The van der Waals surface area contributed by atoms with E-state index in [-0.39, 0.29) is 29.2 Å². The van der Waals surface area contributed by atoms with E-state index in [9.17, 15) is 26.3 Å². The third kappa shape index (κ3) is 5.51. The van der Waals surface area contributed by atoms with E-state index in [4.69, 9.17) is 0 Å². The van der Waals surface area contributed by atoms with Gasteiger partial charge in [0.1, 0.15) is 11.6 Å². The van der Waals surface area contributed by atoms with E-state index in [1.165, 1.54) is 30.3 Å². The van der Waals surface area contributed by atoms with Crippen LogP contribution in [0.3, 0.4) is 0 Å². The molecule has 0 radical (unpaired) electrons. The maximum Gasteiger partial charge on any atom is 0.387 e. The van der Waals surface area contributed by atoms with Crippen LogP contribution < -0.4 is 4.74 Å². The van der Waals surface area contributed by atoms with Crippen molar-refractivity contribution < 1.29 is 31.1 Å².